The van der Waals surface area contributed by atoms with Crippen LogP contribution in [-0.2, 0) is 16.1 Å². The van der Waals surface area contributed by atoms with Crippen LogP contribution in [0.15, 0.2) is 42.6 Å². The highest BCUT2D eigenvalue weighted by molar-refractivity contribution is 6.39. The molecule has 0 bridgehead atoms. The predicted molar refractivity (Wildman–Crippen MR) is 77.7 cm³/mol. The van der Waals surface area contributed by atoms with Gasteiger partial charge in [0.15, 0.2) is 0 Å². The number of ether oxygens (including phenoxy) is 1. The van der Waals surface area contributed by atoms with Gasteiger partial charge in [-0.3, -0.25) is 9.59 Å². The Labute approximate surface area is 126 Å². The highest BCUT2D eigenvalue weighted by atomic mass is 19.1. The second kappa shape index (κ2) is 7.16. The van der Waals surface area contributed by atoms with Gasteiger partial charge in [-0.05, 0) is 29.8 Å². The Morgan fingerprint density at radius 1 is 1.23 bits per heavy atom. The molecule has 2 rings (SSSR count). The van der Waals surface area contributed by atoms with Gasteiger partial charge in [0.2, 0.25) is 5.88 Å². The molecular weight excluding hydrogens is 289 g/mol. The molecule has 1 aromatic carbocycles. The molecule has 6 nitrogen and oxygen atoms in total. The summed E-state index contributed by atoms with van der Waals surface area (Å²) in [7, 11) is 1.40. The Balaban J connectivity index is 1.93. The maximum Gasteiger partial charge on any atom is 0.313 e. The number of halogens is 1. The summed E-state index contributed by atoms with van der Waals surface area (Å²) in [5.41, 5.74) is 0.844. The number of nitrogens with one attached hydrogen (secondary N) is 2. The Kier molecular flexibility index (Phi) is 5.02. The lowest BCUT2D eigenvalue weighted by atomic mass is 10.2. The summed E-state index contributed by atoms with van der Waals surface area (Å²) in [6.45, 7) is 0.0498. The van der Waals surface area contributed by atoms with E-state index in [1.807, 2.05) is 0 Å². The van der Waals surface area contributed by atoms with Gasteiger partial charge in [-0.2, -0.15) is 0 Å². The summed E-state index contributed by atoms with van der Waals surface area (Å²) < 4.78 is 18.0. The largest absolute Gasteiger partial charge is 0.480 e. The molecule has 0 saturated carbocycles. The zero-order valence-electron chi connectivity index (χ0n) is 11.8. The second-order valence-corrected chi connectivity index (χ2v) is 4.33. The van der Waals surface area contributed by atoms with Crippen LogP contribution in [0, 0.1) is 5.82 Å². The van der Waals surface area contributed by atoms with Crippen molar-refractivity contribution in [3.63, 3.8) is 0 Å². The van der Waals surface area contributed by atoms with Crippen LogP contribution in [0.1, 0.15) is 5.56 Å². The topological polar surface area (TPSA) is 80.3 Å². The molecule has 2 amide bonds. The monoisotopic (exact) mass is 303 g/mol. The molecule has 1 aromatic heterocycles. The van der Waals surface area contributed by atoms with E-state index in [4.69, 9.17) is 4.74 Å². The first kappa shape index (κ1) is 15.4. The van der Waals surface area contributed by atoms with E-state index in [-0.39, 0.29) is 18.1 Å². The third-order valence-electron chi connectivity index (χ3n) is 2.76. The number of hydrogen-bond donors (Lipinski definition) is 2. The van der Waals surface area contributed by atoms with E-state index in [0.29, 0.717) is 5.56 Å². The van der Waals surface area contributed by atoms with Crippen molar-refractivity contribution >= 4 is 17.5 Å². The first-order valence-electron chi connectivity index (χ1n) is 6.43. The van der Waals surface area contributed by atoms with E-state index in [0.717, 1.165) is 0 Å². The molecular formula is C15H14FN3O3. The maximum atomic E-state index is 13.0. The number of anilines is 1. The van der Waals surface area contributed by atoms with Crippen LogP contribution in [0.3, 0.4) is 0 Å². The quantitative estimate of drug-likeness (QED) is 0.839. The molecule has 0 aliphatic carbocycles. The molecule has 2 aromatic rings. The molecule has 114 valence electrons. The van der Waals surface area contributed by atoms with Gasteiger partial charge in [0.05, 0.1) is 7.11 Å². The first-order valence-corrected chi connectivity index (χ1v) is 6.43. The van der Waals surface area contributed by atoms with Gasteiger partial charge >= 0.3 is 11.8 Å². The van der Waals surface area contributed by atoms with E-state index >= 15 is 0 Å². The summed E-state index contributed by atoms with van der Waals surface area (Å²) >= 11 is 0. The minimum Gasteiger partial charge on any atom is -0.480 e. The smallest absolute Gasteiger partial charge is 0.313 e. The van der Waals surface area contributed by atoms with E-state index in [9.17, 15) is 14.0 Å². The van der Waals surface area contributed by atoms with E-state index < -0.39 is 17.6 Å². The van der Waals surface area contributed by atoms with Crippen molar-refractivity contribution in [2.75, 3.05) is 12.4 Å². The number of benzene rings is 1. The van der Waals surface area contributed by atoms with E-state index in [1.54, 1.807) is 18.2 Å². The number of methoxy groups -OCH3 is 1. The van der Waals surface area contributed by atoms with Crippen molar-refractivity contribution in [3.05, 3.63) is 54.0 Å². The summed E-state index contributed by atoms with van der Waals surface area (Å²) in [4.78, 5) is 27.4. The fourth-order valence-corrected chi connectivity index (χ4v) is 1.74. The van der Waals surface area contributed by atoms with Crippen LogP contribution in [0.4, 0.5) is 10.1 Å². The van der Waals surface area contributed by atoms with Gasteiger partial charge < -0.3 is 15.4 Å². The van der Waals surface area contributed by atoms with Crippen LogP contribution in [0.25, 0.3) is 0 Å². The summed E-state index contributed by atoms with van der Waals surface area (Å²) in [6.07, 6.45) is 1.50. The predicted octanol–water partition coefficient (Wildman–Crippen LogP) is 1.48. The highest BCUT2D eigenvalue weighted by Gasteiger charge is 2.15. The lowest BCUT2D eigenvalue weighted by Gasteiger charge is -2.09. The molecule has 22 heavy (non-hydrogen) atoms. The molecule has 2 N–H and O–H groups in total. The molecule has 0 atom stereocenters. The average Bonchev–Trinajstić information content (AvgIpc) is 2.53. The SMILES string of the molecule is COc1ncccc1NC(=O)C(=O)NCc1cccc(F)c1. The van der Waals surface area contributed by atoms with Gasteiger partial charge in [-0.15, -0.1) is 0 Å². The molecule has 7 heteroatoms. The van der Waals surface area contributed by atoms with Crippen molar-refractivity contribution < 1.29 is 18.7 Å². The fraction of sp³-hybridized carbons (Fsp3) is 0.133. The van der Waals surface area contributed by atoms with Crippen molar-refractivity contribution in [2.24, 2.45) is 0 Å². The molecule has 0 aliphatic rings. The summed E-state index contributed by atoms with van der Waals surface area (Å²) in [5, 5.41) is 4.80. The van der Waals surface area contributed by atoms with E-state index in [1.165, 1.54) is 31.5 Å². The third-order valence-corrected chi connectivity index (χ3v) is 2.76. The second-order valence-electron chi connectivity index (χ2n) is 4.33. The highest BCUT2D eigenvalue weighted by Crippen LogP contribution is 2.19. The fourth-order valence-electron chi connectivity index (χ4n) is 1.74. The van der Waals surface area contributed by atoms with Crippen LogP contribution >= 0.6 is 0 Å². The van der Waals surface area contributed by atoms with E-state index in [2.05, 4.69) is 15.6 Å². The number of pyridine rings is 1. The molecule has 0 radical (unpaired) electrons. The minimum absolute atomic E-state index is 0.0498. The Hall–Kier alpha value is -2.96. The number of hydrogen-bond acceptors (Lipinski definition) is 4. The lowest BCUT2D eigenvalue weighted by Crippen LogP contribution is -2.35. The molecule has 0 aliphatic heterocycles. The zero-order chi connectivity index (χ0) is 15.9. The van der Waals surface area contributed by atoms with Crippen LogP contribution in [-0.4, -0.2) is 23.9 Å². The number of aromatic nitrogens is 1. The van der Waals surface area contributed by atoms with Crippen LogP contribution < -0.4 is 15.4 Å². The number of carbonyl (C=O) groups excluding carboxylic acids is 2. The third kappa shape index (κ3) is 4.02. The van der Waals surface area contributed by atoms with Gasteiger partial charge in [-0.25, -0.2) is 9.37 Å². The van der Waals surface area contributed by atoms with Gasteiger partial charge in [0, 0.05) is 12.7 Å². The van der Waals surface area contributed by atoms with Gasteiger partial charge in [0.25, 0.3) is 0 Å². The van der Waals surface area contributed by atoms with Crippen molar-refractivity contribution in [2.45, 2.75) is 6.54 Å². The zero-order valence-corrected chi connectivity index (χ0v) is 11.8. The normalized spacial score (nSPS) is 9.91. The van der Waals surface area contributed by atoms with Crippen molar-refractivity contribution in [1.29, 1.82) is 0 Å². The number of nitrogens with zero attached hydrogens (tertiary/aromatic N) is 1. The van der Waals surface area contributed by atoms with Crippen LogP contribution in [0.2, 0.25) is 0 Å². The first-order chi connectivity index (χ1) is 10.6. The van der Waals surface area contributed by atoms with Gasteiger partial charge in [0.1, 0.15) is 11.5 Å². The minimum atomic E-state index is -0.859. The van der Waals surface area contributed by atoms with Crippen molar-refractivity contribution in [1.82, 2.24) is 10.3 Å². The number of carbonyl (C=O) groups is 2. The van der Waals surface area contributed by atoms with Crippen LogP contribution in [0.5, 0.6) is 5.88 Å². The summed E-state index contributed by atoms with van der Waals surface area (Å²) in [6, 6.07) is 8.91. The Bertz CT molecular complexity index is 691. The lowest BCUT2D eigenvalue weighted by molar-refractivity contribution is -0.136. The molecule has 0 fully saturated rings. The molecule has 0 saturated heterocycles. The average molecular weight is 303 g/mol. The Morgan fingerprint density at radius 2 is 2.05 bits per heavy atom. The summed E-state index contributed by atoms with van der Waals surface area (Å²) in [5.74, 6) is -1.90. The standard InChI is InChI=1S/C15H14FN3O3/c1-22-15-12(6-3-7-17-15)19-14(21)13(20)18-9-10-4-2-5-11(16)8-10/h2-8H,9H2,1H3,(H,18,20)(H,19,21). The molecule has 0 spiro atoms. The van der Waals surface area contributed by atoms with Crippen molar-refractivity contribution in [3.8, 4) is 5.88 Å². The Morgan fingerprint density at radius 3 is 2.77 bits per heavy atom. The van der Waals surface area contributed by atoms with Gasteiger partial charge in [-0.1, -0.05) is 12.1 Å². The molecule has 0 unspecified atom stereocenters. The maximum absolute atomic E-state index is 13.0. The number of rotatable bonds is 4. The number of amides is 2. The molecule has 1 heterocycles.